The van der Waals surface area contributed by atoms with Gasteiger partial charge in [-0.25, -0.2) is 0 Å². The number of rotatable bonds is 9. The van der Waals surface area contributed by atoms with Crippen LogP contribution in [0.4, 0.5) is 0 Å². The molecule has 2 N–H and O–H groups in total. The Morgan fingerprint density at radius 3 is 2.12 bits per heavy atom. The zero-order valence-corrected chi connectivity index (χ0v) is 22.2. The van der Waals surface area contributed by atoms with E-state index in [9.17, 15) is 0 Å². The smallest absolute Gasteiger partial charge is 0.0920 e. The lowest BCUT2D eigenvalue weighted by molar-refractivity contribution is 0.212. The molecular formula is C29H51N3. The third-order valence-corrected chi connectivity index (χ3v) is 8.94. The van der Waals surface area contributed by atoms with Crippen LogP contribution in [0.2, 0.25) is 0 Å². The van der Waals surface area contributed by atoms with Crippen molar-refractivity contribution in [3.05, 3.63) is 36.8 Å². The van der Waals surface area contributed by atoms with E-state index in [1.807, 2.05) is 0 Å². The van der Waals surface area contributed by atoms with Crippen molar-refractivity contribution in [3.63, 3.8) is 0 Å². The number of piperidine rings is 1. The quantitative estimate of drug-likeness (QED) is 0.303. The minimum atomic E-state index is 0.195. The molecule has 0 radical (unpaired) electrons. The van der Waals surface area contributed by atoms with Crippen LogP contribution in [0.3, 0.4) is 0 Å². The summed E-state index contributed by atoms with van der Waals surface area (Å²) in [7, 11) is 0. The summed E-state index contributed by atoms with van der Waals surface area (Å²) in [6, 6.07) is 1.07. The molecule has 1 heterocycles. The highest BCUT2D eigenvalue weighted by Gasteiger charge is 2.67. The Bertz CT molecular complexity index is 704. The number of likely N-dealkylation sites (tertiary alicyclic amines) is 1. The zero-order chi connectivity index (χ0) is 23.8. The number of hydrogen-bond donors (Lipinski definition) is 2. The second-order valence-electron chi connectivity index (χ2n) is 12.7. The first kappa shape index (κ1) is 25.2. The second-order valence-corrected chi connectivity index (χ2v) is 12.7. The molecule has 1 aliphatic heterocycles. The maximum atomic E-state index is 4.73. The van der Waals surface area contributed by atoms with Gasteiger partial charge in [-0.15, -0.1) is 0 Å². The topological polar surface area (TPSA) is 27.3 Å². The number of nitrogens with one attached hydrogen (secondary N) is 2. The van der Waals surface area contributed by atoms with E-state index in [4.69, 9.17) is 6.58 Å². The molecule has 182 valence electrons. The molecule has 3 rings (SSSR count). The van der Waals surface area contributed by atoms with Crippen molar-refractivity contribution >= 4 is 0 Å². The molecule has 2 saturated carbocycles. The number of hydrogen-bond acceptors (Lipinski definition) is 3. The van der Waals surface area contributed by atoms with Crippen molar-refractivity contribution in [2.75, 3.05) is 6.54 Å². The molecule has 0 aromatic rings. The standard InChI is InChI=1S/C29H51N3/c1-11-24(28(6,7)8)30-21(5)31-26(22-16-14-12-13-15-17-22)20(4)32-18-23-25(29(23,9)10)27(32)19(2)3/h22-27,30-31H,2,4-5,11-18H2,1,3,6-10H3/t23-,24?,25-,26?,27?/m0/s1. The molecular weight excluding hydrogens is 390 g/mol. The van der Waals surface area contributed by atoms with Crippen molar-refractivity contribution in [1.29, 1.82) is 0 Å². The Morgan fingerprint density at radius 1 is 1.03 bits per heavy atom. The van der Waals surface area contributed by atoms with Gasteiger partial charge in [-0.05, 0) is 54.8 Å². The van der Waals surface area contributed by atoms with E-state index >= 15 is 0 Å². The van der Waals surface area contributed by atoms with Gasteiger partial charge in [-0.2, -0.15) is 0 Å². The fourth-order valence-corrected chi connectivity index (χ4v) is 6.82. The average molecular weight is 442 g/mol. The van der Waals surface area contributed by atoms with E-state index in [1.165, 1.54) is 49.8 Å². The highest BCUT2D eigenvalue weighted by atomic mass is 15.3. The Labute approximate surface area is 199 Å². The van der Waals surface area contributed by atoms with Crippen LogP contribution in [0.25, 0.3) is 0 Å². The van der Waals surface area contributed by atoms with Crippen molar-refractivity contribution in [2.45, 2.75) is 112 Å². The van der Waals surface area contributed by atoms with Crippen LogP contribution in [-0.4, -0.2) is 29.6 Å². The summed E-state index contributed by atoms with van der Waals surface area (Å²) in [6.07, 6.45) is 9.05. The first-order valence-electron chi connectivity index (χ1n) is 13.2. The molecule has 3 aliphatic rings. The van der Waals surface area contributed by atoms with Gasteiger partial charge in [0, 0.05) is 18.3 Å². The maximum absolute atomic E-state index is 4.73. The lowest BCUT2D eigenvalue weighted by Crippen LogP contribution is -2.50. The van der Waals surface area contributed by atoms with Crippen molar-refractivity contribution < 1.29 is 0 Å². The molecule has 0 aromatic heterocycles. The average Bonchev–Trinajstić information content (AvgIpc) is 3.10. The van der Waals surface area contributed by atoms with E-state index in [1.54, 1.807) is 0 Å². The van der Waals surface area contributed by atoms with Gasteiger partial charge in [-0.3, -0.25) is 0 Å². The second kappa shape index (κ2) is 9.47. The van der Waals surface area contributed by atoms with Crippen LogP contribution in [0.15, 0.2) is 36.8 Å². The normalized spacial score (nSPS) is 29.5. The van der Waals surface area contributed by atoms with Gasteiger partial charge < -0.3 is 15.5 Å². The summed E-state index contributed by atoms with van der Waals surface area (Å²) in [6.45, 7) is 30.9. The fraction of sp³-hybridized carbons (Fsp3) is 0.793. The first-order valence-corrected chi connectivity index (χ1v) is 13.2. The molecule has 3 unspecified atom stereocenters. The highest BCUT2D eigenvalue weighted by Crippen LogP contribution is 2.66. The van der Waals surface area contributed by atoms with Gasteiger partial charge in [0.25, 0.3) is 0 Å². The van der Waals surface area contributed by atoms with Gasteiger partial charge in [0.15, 0.2) is 0 Å². The summed E-state index contributed by atoms with van der Waals surface area (Å²) in [4.78, 5) is 2.61. The lowest BCUT2D eigenvalue weighted by Gasteiger charge is -2.41. The molecule has 3 nitrogen and oxygen atoms in total. The third-order valence-electron chi connectivity index (χ3n) is 8.94. The van der Waals surface area contributed by atoms with Gasteiger partial charge in [0.2, 0.25) is 0 Å². The Balaban J connectivity index is 1.79. The van der Waals surface area contributed by atoms with Crippen LogP contribution >= 0.6 is 0 Å². The van der Waals surface area contributed by atoms with E-state index < -0.39 is 0 Å². The third kappa shape index (κ3) is 5.07. The lowest BCUT2D eigenvalue weighted by atomic mass is 9.85. The van der Waals surface area contributed by atoms with Crippen molar-refractivity contribution in [1.82, 2.24) is 15.5 Å². The zero-order valence-electron chi connectivity index (χ0n) is 22.2. The minimum absolute atomic E-state index is 0.195. The summed E-state index contributed by atoms with van der Waals surface area (Å²) < 4.78 is 0. The van der Waals surface area contributed by atoms with E-state index in [0.717, 1.165) is 30.6 Å². The minimum Gasteiger partial charge on any atom is -0.369 e. The molecule has 0 bridgehead atoms. The van der Waals surface area contributed by atoms with Crippen LogP contribution in [0.1, 0.15) is 93.4 Å². The Morgan fingerprint density at radius 2 is 1.62 bits per heavy atom. The molecule has 1 saturated heterocycles. The Hall–Kier alpha value is -1.38. The van der Waals surface area contributed by atoms with Crippen LogP contribution in [-0.2, 0) is 0 Å². The summed E-state index contributed by atoms with van der Waals surface area (Å²) in [5.74, 6) is 3.06. The van der Waals surface area contributed by atoms with Gasteiger partial charge in [-0.1, -0.05) is 92.5 Å². The number of nitrogens with zero attached hydrogens (tertiary/aromatic N) is 1. The van der Waals surface area contributed by atoms with Crippen LogP contribution in [0, 0.1) is 28.6 Å². The van der Waals surface area contributed by atoms with Crippen molar-refractivity contribution in [2.24, 2.45) is 28.6 Å². The largest absolute Gasteiger partial charge is 0.369 e. The van der Waals surface area contributed by atoms with E-state index in [2.05, 4.69) is 77.2 Å². The predicted octanol–water partition coefficient (Wildman–Crippen LogP) is 6.85. The van der Waals surface area contributed by atoms with Gasteiger partial charge in [0.05, 0.1) is 17.9 Å². The molecule has 3 heteroatoms. The molecule has 2 aliphatic carbocycles. The predicted molar refractivity (Wildman–Crippen MR) is 139 cm³/mol. The summed E-state index contributed by atoms with van der Waals surface area (Å²) in [5, 5.41) is 7.58. The van der Waals surface area contributed by atoms with Crippen LogP contribution < -0.4 is 10.6 Å². The summed E-state index contributed by atoms with van der Waals surface area (Å²) >= 11 is 0. The van der Waals surface area contributed by atoms with Gasteiger partial charge >= 0.3 is 0 Å². The molecule has 3 fully saturated rings. The fourth-order valence-electron chi connectivity index (χ4n) is 6.82. The molecule has 5 atom stereocenters. The SMILES string of the molecule is C=C(NC(C(=C)N1C[C@H]2[C@@H](C1C(=C)C)C2(C)C)C1CCCCCC1)NC(CC)C(C)(C)C. The van der Waals surface area contributed by atoms with E-state index in [-0.39, 0.29) is 11.5 Å². The van der Waals surface area contributed by atoms with Crippen LogP contribution in [0.5, 0.6) is 0 Å². The summed E-state index contributed by atoms with van der Waals surface area (Å²) in [5.41, 5.74) is 3.19. The highest BCUT2D eigenvalue weighted by molar-refractivity contribution is 5.29. The van der Waals surface area contributed by atoms with E-state index in [0.29, 0.717) is 23.4 Å². The van der Waals surface area contributed by atoms with Crippen molar-refractivity contribution in [3.8, 4) is 0 Å². The molecule has 0 spiro atoms. The Kier molecular flexibility index (Phi) is 7.47. The monoisotopic (exact) mass is 441 g/mol. The van der Waals surface area contributed by atoms with Gasteiger partial charge in [0.1, 0.15) is 0 Å². The first-order chi connectivity index (χ1) is 14.9. The number of fused-ring (bicyclic) bond motifs is 1. The maximum Gasteiger partial charge on any atom is 0.0920 e. The molecule has 0 aromatic carbocycles. The molecule has 0 amide bonds. The molecule has 32 heavy (non-hydrogen) atoms.